The highest BCUT2D eigenvalue weighted by molar-refractivity contribution is 5.69. The molecule has 3 heterocycles. The maximum absolute atomic E-state index is 10.2. The topological polar surface area (TPSA) is 77.0 Å². The van der Waals surface area contributed by atoms with Gasteiger partial charge in [-0.15, -0.1) is 0 Å². The quantitative estimate of drug-likeness (QED) is 0.733. The average molecular weight is 305 g/mol. The summed E-state index contributed by atoms with van der Waals surface area (Å²) in [6.45, 7) is 1.94. The van der Waals surface area contributed by atoms with E-state index in [0.717, 1.165) is 17.0 Å². The summed E-state index contributed by atoms with van der Waals surface area (Å²) >= 11 is 0. The van der Waals surface area contributed by atoms with Crippen molar-refractivity contribution in [2.24, 2.45) is 0 Å². The van der Waals surface area contributed by atoms with Crippen molar-refractivity contribution >= 4 is 12.2 Å². The number of hydrogen-bond acceptors (Lipinski definition) is 5. The minimum absolute atomic E-state index is 0.411. The summed E-state index contributed by atoms with van der Waals surface area (Å²) in [5.74, 6) is 1.61. The van der Waals surface area contributed by atoms with Crippen LogP contribution in [0, 0.1) is 6.92 Å². The van der Waals surface area contributed by atoms with Crippen LogP contribution in [0.4, 0.5) is 5.82 Å². The number of ether oxygens (including phenoxy) is 1. The zero-order valence-corrected chi connectivity index (χ0v) is 12.4. The summed E-state index contributed by atoms with van der Waals surface area (Å²) in [5.41, 5.74) is 2.64. The van der Waals surface area contributed by atoms with Crippen LogP contribution in [-0.4, -0.2) is 21.4 Å². The molecule has 3 aromatic rings. The summed E-state index contributed by atoms with van der Waals surface area (Å²) in [5, 5.41) is 2.34. The lowest BCUT2D eigenvalue weighted by Crippen LogP contribution is -1.96. The number of nitrogens with one attached hydrogen (secondary N) is 1. The maximum atomic E-state index is 10.2. The third-order valence-corrected chi connectivity index (χ3v) is 3.09. The Labute approximate surface area is 133 Å². The van der Waals surface area contributed by atoms with Crippen molar-refractivity contribution in [2.75, 3.05) is 5.32 Å². The van der Waals surface area contributed by atoms with Gasteiger partial charge in [0.1, 0.15) is 17.3 Å². The molecule has 1 N–H and O–H groups in total. The van der Waals surface area contributed by atoms with Crippen LogP contribution in [0.2, 0.25) is 0 Å². The Morgan fingerprint density at radius 3 is 2.61 bits per heavy atom. The Morgan fingerprint density at radius 2 is 1.91 bits per heavy atom. The fourth-order valence-electron chi connectivity index (χ4n) is 1.95. The zero-order chi connectivity index (χ0) is 16.1. The molecule has 0 aliphatic heterocycles. The second-order valence-electron chi connectivity index (χ2n) is 4.77. The third kappa shape index (κ3) is 3.68. The van der Waals surface area contributed by atoms with E-state index in [1.165, 1.54) is 6.20 Å². The highest BCUT2D eigenvalue weighted by Gasteiger charge is 2.04. The van der Waals surface area contributed by atoms with Crippen molar-refractivity contribution in [3.63, 3.8) is 0 Å². The molecule has 0 aromatic carbocycles. The highest BCUT2D eigenvalue weighted by atomic mass is 16.5. The van der Waals surface area contributed by atoms with E-state index in [4.69, 9.17) is 4.74 Å². The molecule has 0 atom stereocenters. The number of nitrogens with zero attached hydrogens (tertiary/aromatic N) is 3. The Bertz CT molecular complexity index is 802. The van der Waals surface area contributed by atoms with Crippen LogP contribution >= 0.6 is 0 Å². The molecule has 6 nitrogen and oxygen atoms in total. The minimum atomic E-state index is 0.411. The molecule has 0 spiro atoms. The molecule has 0 aliphatic carbocycles. The van der Waals surface area contributed by atoms with Gasteiger partial charge in [0.15, 0.2) is 0 Å². The third-order valence-electron chi connectivity index (χ3n) is 3.09. The molecular weight excluding hydrogens is 292 g/mol. The van der Waals surface area contributed by atoms with Crippen LogP contribution in [0.15, 0.2) is 55.0 Å². The van der Waals surface area contributed by atoms with Crippen LogP contribution in [0.3, 0.4) is 0 Å². The second kappa shape index (κ2) is 6.65. The molecule has 0 fully saturated rings. The number of amides is 1. The molecule has 1 radical (unpaired) electrons. The van der Waals surface area contributed by atoms with Crippen LogP contribution in [0.25, 0.3) is 11.3 Å². The van der Waals surface area contributed by atoms with Crippen molar-refractivity contribution < 1.29 is 9.53 Å². The Morgan fingerprint density at radius 1 is 1.00 bits per heavy atom. The fraction of sp³-hybridized carbons (Fsp3) is 0.0588. The summed E-state index contributed by atoms with van der Waals surface area (Å²) in [6.07, 6.45) is 6.54. The van der Waals surface area contributed by atoms with Crippen molar-refractivity contribution in [2.45, 2.75) is 6.92 Å². The monoisotopic (exact) mass is 305 g/mol. The van der Waals surface area contributed by atoms with E-state index >= 15 is 0 Å². The Kier molecular flexibility index (Phi) is 4.24. The lowest BCUT2D eigenvalue weighted by atomic mass is 10.2. The van der Waals surface area contributed by atoms with E-state index in [2.05, 4.69) is 20.3 Å². The lowest BCUT2D eigenvalue weighted by molar-refractivity contribution is 0.480. The predicted molar refractivity (Wildman–Crippen MR) is 85.8 cm³/mol. The van der Waals surface area contributed by atoms with Gasteiger partial charge < -0.3 is 10.1 Å². The van der Waals surface area contributed by atoms with Gasteiger partial charge in [-0.1, -0.05) is 0 Å². The van der Waals surface area contributed by atoms with E-state index in [9.17, 15) is 4.79 Å². The van der Waals surface area contributed by atoms with Gasteiger partial charge in [-0.2, -0.15) is 0 Å². The number of hydrogen-bond donors (Lipinski definition) is 1. The van der Waals surface area contributed by atoms with Crippen LogP contribution in [-0.2, 0) is 4.79 Å². The van der Waals surface area contributed by atoms with Gasteiger partial charge in [-0.3, -0.25) is 14.8 Å². The van der Waals surface area contributed by atoms with E-state index in [0.29, 0.717) is 17.3 Å². The van der Waals surface area contributed by atoms with Crippen molar-refractivity contribution in [1.29, 1.82) is 0 Å². The number of carbonyl (C=O) groups excluding carboxylic acids is 1. The molecule has 0 bridgehead atoms. The molecule has 23 heavy (non-hydrogen) atoms. The van der Waals surface area contributed by atoms with Crippen LogP contribution in [0.1, 0.15) is 5.69 Å². The standard InChI is InChI=1S/C17H13N4O2/c1-12-2-3-13(9-19-12)16-8-14(6-7-18-16)23-15-4-5-17(20-10-15)21-11-22/h2-10H,1H3,(H,20,21,22). The number of aryl methyl sites for hydroxylation is 1. The molecule has 0 saturated heterocycles. The van der Waals surface area contributed by atoms with E-state index in [1.807, 2.05) is 25.1 Å². The van der Waals surface area contributed by atoms with Gasteiger partial charge >= 0.3 is 6.41 Å². The van der Waals surface area contributed by atoms with Gasteiger partial charge in [0, 0.05) is 29.7 Å². The number of rotatable bonds is 5. The first-order valence-corrected chi connectivity index (χ1v) is 6.91. The molecule has 113 valence electrons. The first-order chi connectivity index (χ1) is 11.2. The lowest BCUT2D eigenvalue weighted by Gasteiger charge is -2.07. The first-order valence-electron chi connectivity index (χ1n) is 6.91. The van der Waals surface area contributed by atoms with Gasteiger partial charge in [0.2, 0.25) is 0 Å². The van der Waals surface area contributed by atoms with Crippen molar-refractivity contribution in [3.05, 3.63) is 60.7 Å². The predicted octanol–water partition coefficient (Wildman–Crippen LogP) is 3.12. The van der Waals surface area contributed by atoms with Gasteiger partial charge in [0.25, 0.3) is 0 Å². The van der Waals surface area contributed by atoms with Crippen molar-refractivity contribution in [3.8, 4) is 22.8 Å². The minimum Gasteiger partial charge on any atom is -0.456 e. The molecule has 6 heteroatoms. The maximum Gasteiger partial charge on any atom is 0.315 e. The summed E-state index contributed by atoms with van der Waals surface area (Å²) in [6, 6.07) is 10.8. The van der Waals surface area contributed by atoms with Crippen molar-refractivity contribution in [1.82, 2.24) is 15.0 Å². The molecule has 0 saturated carbocycles. The van der Waals surface area contributed by atoms with Gasteiger partial charge in [0.05, 0.1) is 11.9 Å². The molecule has 1 amide bonds. The Balaban J connectivity index is 1.79. The Hall–Kier alpha value is -3.28. The highest BCUT2D eigenvalue weighted by Crippen LogP contribution is 2.25. The first kappa shape index (κ1) is 14.6. The number of anilines is 1. The van der Waals surface area contributed by atoms with E-state index in [-0.39, 0.29) is 0 Å². The van der Waals surface area contributed by atoms with E-state index < -0.39 is 0 Å². The molecule has 3 aromatic heterocycles. The molecule has 0 aliphatic rings. The molecular formula is C17H13N4O2. The normalized spacial score (nSPS) is 10.1. The number of aromatic nitrogens is 3. The van der Waals surface area contributed by atoms with Crippen LogP contribution < -0.4 is 10.1 Å². The summed E-state index contributed by atoms with van der Waals surface area (Å²) < 4.78 is 5.75. The van der Waals surface area contributed by atoms with Gasteiger partial charge in [-0.25, -0.2) is 4.98 Å². The summed E-state index contributed by atoms with van der Waals surface area (Å²) in [4.78, 5) is 22.9. The SMILES string of the molecule is Cc1ccc(-c2cc(Oc3ccc(N[C]=O)nc3)ccn2)cn1. The van der Waals surface area contributed by atoms with E-state index in [1.54, 1.807) is 37.0 Å². The number of pyridine rings is 3. The smallest absolute Gasteiger partial charge is 0.315 e. The largest absolute Gasteiger partial charge is 0.456 e. The van der Waals surface area contributed by atoms with Gasteiger partial charge in [-0.05, 0) is 37.3 Å². The second-order valence-corrected chi connectivity index (χ2v) is 4.77. The fourth-order valence-corrected chi connectivity index (χ4v) is 1.95. The summed E-state index contributed by atoms with van der Waals surface area (Å²) in [7, 11) is 0. The zero-order valence-electron chi connectivity index (χ0n) is 12.4. The van der Waals surface area contributed by atoms with Crippen LogP contribution in [0.5, 0.6) is 11.5 Å². The molecule has 0 unspecified atom stereocenters. The average Bonchev–Trinajstić information content (AvgIpc) is 2.58. The molecule has 3 rings (SSSR count).